The molecule has 10 heteroatoms. The molecule has 0 fully saturated rings. The third-order valence-corrected chi connectivity index (χ3v) is 12.3. The van der Waals surface area contributed by atoms with E-state index in [1.165, 1.54) is 0 Å². The van der Waals surface area contributed by atoms with Crippen molar-refractivity contribution in [3.63, 3.8) is 0 Å². The number of rotatable bonds is 12. The Kier molecular flexibility index (Phi) is 11.1. The lowest BCUT2D eigenvalue weighted by Crippen LogP contribution is -2.58. The molecule has 70 heavy (non-hydrogen) atoms. The van der Waals surface area contributed by atoms with Gasteiger partial charge in [-0.1, -0.05) is 109 Å². The topological polar surface area (TPSA) is 86.8 Å². The van der Waals surface area contributed by atoms with Crippen LogP contribution >= 0.6 is 0 Å². The zero-order valence-corrected chi connectivity index (χ0v) is 37.9. The highest BCUT2D eigenvalue weighted by Crippen LogP contribution is 2.38. The number of guanidine groups is 2. The highest BCUT2D eigenvalue weighted by Gasteiger charge is 2.38. The van der Waals surface area contributed by atoms with Crippen molar-refractivity contribution in [3.8, 4) is 0 Å². The third-order valence-electron chi connectivity index (χ3n) is 12.3. The van der Waals surface area contributed by atoms with E-state index < -0.39 is 6.29 Å². The summed E-state index contributed by atoms with van der Waals surface area (Å²) in [5.74, 6) is 2.66. The Morgan fingerprint density at radius 2 is 0.586 bits per heavy atom. The summed E-state index contributed by atoms with van der Waals surface area (Å²) in [5.41, 5.74) is 11.9. The Bertz CT molecular complexity index is 3300. The van der Waals surface area contributed by atoms with Gasteiger partial charge in [0.15, 0.2) is 11.7 Å². The molecule has 0 aromatic heterocycles. The number of hydrogen-bond donors (Lipinski definition) is 1. The molecular weight excluding hydrogens is 861 g/mol. The molecule has 0 radical (unpaired) electrons. The van der Waals surface area contributed by atoms with E-state index in [2.05, 4.69) is 238 Å². The van der Waals surface area contributed by atoms with Crippen LogP contribution in [0.25, 0.3) is 0 Å². The van der Waals surface area contributed by atoms with Crippen LogP contribution in [0.3, 0.4) is 0 Å². The summed E-state index contributed by atoms with van der Waals surface area (Å²) in [7, 11) is 0. The Hall–Kier alpha value is -9.67. The minimum atomic E-state index is -0.717. The van der Waals surface area contributed by atoms with Gasteiger partial charge in [0.25, 0.3) is 0 Å². The maximum atomic E-state index is 5.18. The highest BCUT2D eigenvalue weighted by molar-refractivity contribution is 6.26. The first kappa shape index (κ1) is 41.7. The highest BCUT2D eigenvalue weighted by atomic mass is 15.5. The maximum absolute atomic E-state index is 5.18. The van der Waals surface area contributed by atoms with Crippen molar-refractivity contribution in [2.75, 3.05) is 14.7 Å². The molecule has 3 heterocycles. The van der Waals surface area contributed by atoms with E-state index in [1.54, 1.807) is 0 Å². The summed E-state index contributed by atoms with van der Waals surface area (Å²) < 4.78 is 0. The van der Waals surface area contributed by atoms with Crippen molar-refractivity contribution >= 4 is 80.6 Å². The maximum Gasteiger partial charge on any atom is 0.239 e. The Morgan fingerprint density at radius 1 is 0.300 bits per heavy atom. The van der Waals surface area contributed by atoms with Crippen LogP contribution in [-0.2, 0) is 0 Å². The molecule has 3 aliphatic rings. The second kappa shape index (κ2) is 18.5. The van der Waals surface area contributed by atoms with E-state index >= 15 is 0 Å². The molecule has 0 spiro atoms. The number of amidine groups is 3. The number of nitrogens with zero attached hydrogens (tertiary/aromatic N) is 9. The molecule has 0 saturated heterocycles. The minimum absolute atomic E-state index is 0.445. The monoisotopic (exact) mass is 904 g/mol. The second-order valence-corrected chi connectivity index (χ2v) is 16.7. The van der Waals surface area contributed by atoms with Gasteiger partial charge in [-0.2, -0.15) is 15.0 Å². The minimum Gasteiger partial charge on any atom is -0.311 e. The molecule has 0 saturated carbocycles. The van der Waals surface area contributed by atoms with Crippen molar-refractivity contribution in [1.82, 2.24) is 10.2 Å². The largest absolute Gasteiger partial charge is 0.311 e. The van der Waals surface area contributed by atoms with Crippen molar-refractivity contribution in [1.29, 1.82) is 0 Å². The van der Waals surface area contributed by atoms with Gasteiger partial charge in [0.05, 0.1) is 0 Å². The molecule has 9 aromatic carbocycles. The van der Waals surface area contributed by atoms with Gasteiger partial charge in [-0.25, -0.2) is 14.9 Å². The predicted molar refractivity (Wildman–Crippen MR) is 287 cm³/mol. The number of nitrogens with one attached hydrogen (secondary N) is 1. The van der Waals surface area contributed by atoms with Gasteiger partial charge in [-0.15, -0.1) is 0 Å². The van der Waals surface area contributed by atoms with Crippen molar-refractivity contribution in [2.24, 2.45) is 25.0 Å². The summed E-state index contributed by atoms with van der Waals surface area (Å²) >= 11 is 0. The zero-order valence-electron chi connectivity index (χ0n) is 37.9. The average molecular weight is 905 g/mol. The number of hydrogen-bond acceptors (Lipinski definition) is 10. The Labute approximate surface area is 406 Å². The summed E-state index contributed by atoms with van der Waals surface area (Å²) in [6.07, 6.45) is -0.717. The van der Waals surface area contributed by atoms with E-state index in [-0.39, 0.29) is 0 Å². The molecule has 1 atom stereocenters. The fourth-order valence-electron chi connectivity index (χ4n) is 8.94. The molecule has 3 aliphatic heterocycles. The van der Waals surface area contributed by atoms with Crippen molar-refractivity contribution in [2.45, 2.75) is 6.29 Å². The van der Waals surface area contributed by atoms with Crippen LogP contribution in [0, 0.1) is 0 Å². The van der Waals surface area contributed by atoms with Gasteiger partial charge in [0, 0.05) is 67.9 Å². The third kappa shape index (κ3) is 8.26. The normalized spacial score (nSPS) is 14.7. The molecule has 9 aromatic rings. The molecule has 10 nitrogen and oxygen atoms in total. The van der Waals surface area contributed by atoms with E-state index in [4.69, 9.17) is 25.0 Å². The van der Waals surface area contributed by atoms with E-state index in [1.807, 2.05) is 41.3 Å². The van der Waals surface area contributed by atoms with Crippen molar-refractivity contribution in [3.05, 3.63) is 271 Å². The van der Waals surface area contributed by atoms with Crippen molar-refractivity contribution < 1.29 is 0 Å². The summed E-state index contributed by atoms with van der Waals surface area (Å²) in [6, 6.07) is 87.4. The SMILES string of the molecule is c1ccc(N(c2ccccc2)c2ccc(C3=NC4N=C(c5ccc(N(c6ccccc6)c6ccccc6)cc5)N=C5NC(c6ccc(N(c7ccccc7)c7ccccc7)cc6)=NC(=N3)N54)cc2)cc1. The standard InChI is InChI=1S/C60H44N10/c1-7-19-46(20-8-1)67(47-21-9-2-10-22-47)52-37-31-43(32-38-52)55-61-58-63-56(44-33-39-53(40-34-44)68(48-23-11-3-12-24-48)49-25-13-4-14-26-49)65-60-66-57(64-59(62-55)70(58)60)45-35-41-54(42-36-45)69(50-27-15-5-16-28-50)51-29-17-6-18-30-51/h1-42,58H,(H,61,62,63,64,65,66). The molecule has 1 unspecified atom stereocenters. The zero-order chi connectivity index (χ0) is 46.6. The summed E-state index contributed by atoms with van der Waals surface area (Å²) in [6.45, 7) is 0. The molecule has 0 aliphatic carbocycles. The Balaban J connectivity index is 0.922. The first-order chi connectivity index (χ1) is 34.7. The van der Waals surface area contributed by atoms with E-state index in [0.29, 0.717) is 29.4 Å². The van der Waals surface area contributed by atoms with E-state index in [0.717, 1.165) is 67.9 Å². The average Bonchev–Trinajstić information content (AvgIpc) is 3.43. The quantitative estimate of drug-likeness (QED) is 0.132. The van der Waals surface area contributed by atoms with Crippen LogP contribution in [0.1, 0.15) is 16.7 Å². The fourth-order valence-corrected chi connectivity index (χ4v) is 8.94. The fraction of sp³-hybridized carbons (Fsp3) is 0.0167. The second-order valence-electron chi connectivity index (χ2n) is 16.7. The predicted octanol–water partition coefficient (Wildman–Crippen LogP) is 13.7. The Morgan fingerprint density at radius 3 is 0.914 bits per heavy atom. The molecule has 334 valence electrons. The lowest BCUT2D eigenvalue weighted by atomic mass is 10.1. The van der Waals surface area contributed by atoms with Crippen LogP contribution < -0.4 is 20.0 Å². The van der Waals surface area contributed by atoms with Gasteiger partial charge in [0.1, 0.15) is 5.84 Å². The number of aliphatic imine (C=N–C) groups is 5. The summed E-state index contributed by atoms with van der Waals surface area (Å²) in [4.78, 5) is 34.4. The van der Waals surface area contributed by atoms with Gasteiger partial charge in [0.2, 0.25) is 18.2 Å². The molecule has 0 amide bonds. The first-order valence-corrected chi connectivity index (χ1v) is 23.2. The van der Waals surface area contributed by atoms with Crippen LogP contribution in [0.4, 0.5) is 51.2 Å². The lowest BCUT2D eigenvalue weighted by Gasteiger charge is -2.37. The molecular formula is C60H44N10. The number of benzene rings is 9. The van der Waals surface area contributed by atoms with E-state index in [9.17, 15) is 0 Å². The van der Waals surface area contributed by atoms with Gasteiger partial charge < -0.3 is 20.0 Å². The summed E-state index contributed by atoms with van der Waals surface area (Å²) in [5, 5.41) is 3.56. The van der Waals surface area contributed by atoms with Gasteiger partial charge in [-0.3, -0.25) is 0 Å². The number of anilines is 9. The first-order valence-electron chi connectivity index (χ1n) is 23.2. The number of para-hydroxylation sites is 6. The van der Waals surface area contributed by atoms with Crippen LogP contribution in [0.2, 0.25) is 0 Å². The smallest absolute Gasteiger partial charge is 0.239 e. The molecule has 0 bridgehead atoms. The van der Waals surface area contributed by atoms with Gasteiger partial charge >= 0.3 is 0 Å². The van der Waals surface area contributed by atoms with Crippen LogP contribution in [0.15, 0.2) is 280 Å². The molecule has 1 N–H and O–H groups in total. The van der Waals surface area contributed by atoms with Gasteiger partial charge in [-0.05, 0) is 146 Å². The van der Waals surface area contributed by atoms with Crippen LogP contribution in [0.5, 0.6) is 0 Å². The lowest BCUT2D eigenvalue weighted by molar-refractivity contribution is 0.435. The molecule has 12 rings (SSSR count). The van der Waals surface area contributed by atoms with Crippen LogP contribution in [-0.4, -0.2) is 40.6 Å².